The Bertz CT molecular complexity index is 479. The molecule has 0 bridgehead atoms. The van der Waals surface area contributed by atoms with Crippen LogP contribution in [0.4, 0.5) is 0 Å². The highest BCUT2D eigenvalue weighted by Crippen LogP contribution is 2.25. The standard InChI is InChI=1S/C11H11ClN2O/c1-7-11(14-10(6-13)15-7)8-3-2-4-9(12)5-8/h2-5H,6,13H2,1H3. The Hall–Kier alpha value is -1.32. The van der Waals surface area contributed by atoms with Gasteiger partial charge >= 0.3 is 0 Å². The summed E-state index contributed by atoms with van der Waals surface area (Å²) in [5.74, 6) is 1.31. The lowest BCUT2D eigenvalue weighted by molar-refractivity contribution is 0.474. The molecule has 78 valence electrons. The van der Waals surface area contributed by atoms with E-state index in [1.54, 1.807) is 0 Å². The first-order chi connectivity index (χ1) is 7.20. The molecular weight excluding hydrogens is 212 g/mol. The number of benzene rings is 1. The van der Waals surface area contributed by atoms with Crippen LogP contribution in [0.5, 0.6) is 0 Å². The number of halogens is 1. The maximum absolute atomic E-state index is 5.90. The van der Waals surface area contributed by atoms with Gasteiger partial charge < -0.3 is 10.2 Å². The Morgan fingerprint density at radius 3 is 2.87 bits per heavy atom. The van der Waals surface area contributed by atoms with Crippen molar-refractivity contribution >= 4 is 11.6 Å². The number of aromatic nitrogens is 1. The second kappa shape index (κ2) is 4.04. The van der Waals surface area contributed by atoms with Gasteiger partial charge in [-0.15, -0.1) is 0 Å². The molecule has 0 saturated carbocycles. The van der Waals surface area contributed by atoms with Crippen LogP contribution in [0.1, 0.15) is 11.7 Å². The van der Waals surface area contributed by atoms with Crippen molar-refractivity contribution in [1.29, 1.82) is 0 Å². The fourth-order valence-electron chi connectivity index (χ4n) is 1.44. The van der Waals surface area contributed by atoms with E-state index in [-0.39, 0.29) is 0 Å². The summed E-state index contributed by atoms with van der Waals surface area (Å²) in [5, 5.41) is 0.684. The van der Waals surface area contributed by atoms with Gasteiger partial charge in [0.15, 0.2) is 0 Å². The molecule has 0 saturated heterocycles. The fraction of sp³-hybridized carbons (Fsp3) is 0.182. The normalized spacial score (nSPS) is 10.6. The van der Waals surface area contributed by atoms with Gasteiger partial charge in [0.05, 0.1) is 6.54 Å². The molecule has 0 atom stereocenters. The monoisotopic (exact) mass is 222 g/mol. The zero-order valence-electron chi connectivity index (χ0n) is 8.33. The van der Waals surface area contributed by atoms with E-state index in [0.717, 1.165) is 17.0 Å². The van der Waals surface area contributed by atoms with E-state index in [9.17, 15) is 0 Å². The topological polar surface area (TPSA) is 52.0 Å². The zero-order chi connectivity index (χ0) is 10.8. The van der Waals surface area contributed by atoms with E-state index in [2.05, 4.69) is 4.98 Å². The third-order valence-electron chi connectivity index (χ3n) is 2.11. The molecular formula is C11H11ClN2O. The number of hydrogen-bond acceptors (Lipinski definition) is 3. The largest absolute Gasteiger partial charge is 0.444 e. The molecule has 0 unspecified atom stereocenters. The van der Waals surface area contributed by atoms with Gasteiger partial charge in [-0.1, -0.05) is 23.7 Å². The number of aryl methyl sites for hydroxylation is 1. The third kappa shape index (κ3) is 2.03. The van der Waals surface area contributed by atoms with Gasteiger partial charge in [0.25, 0.3) is 0 Å². The zero-order valence-corrected chi connectivity index (χ0v) is 9.08. The van der Waals surface area contributed by atoms with Gasteiger partial charge in [-0.3, -0.25) is 0 Å². The van der Waals surface area contributed by atoms with Crippen molar-refractivity contribution < 1.29 is 4.42 Å². The predicted octanol–water partition coefficient (Wildman–Crippen LogP) is 2.76. The molecule has 0 fully saturated rings. The van der Waals surface area contributed by atoms with Gasteiger partial charge in [-0.05, 0) is 19.1 Å². The molecule has 2 rings (SSSR count). The average Bonchev–Trinajstić information content (AvgIpc) is 2.60. The molecule has 0 amide bonds. The Morgan fingerprint density at radius 2 is 2.27 bits per heavy atom. The molecule has 0 aliphatic carbocycles. The van der Waals surface area contributed by atoms with E-state index < -0.39 is 0 Å². The number of nitrogens with two attached hydrogens (primary N) is 1. The van der Waals surface area contributed by atoms with E-state index in [1.807, 2.05) is 31.2 Å². The molecule has 2 aromatic rings. The second-order valence-corrected chi connectivity index (χ2v) is 3.66. The highest BCUT2D eigenvalue weighted by Gasteiger charge is 2.10. The van der Waals surface area contributed by atoms with Crippen LogP contribution >= 0.6 is 11.6 Å². The molecule has 0 radical (unpaired) electrons. The molecule has 1 aromatic carbocycles. The van der Waals surface area contributed by atoms with Crippen LogP contribution in [0.25, 0.3) is 11.3 Å². The van der Waals surface area contributed by atoms with Crippen molar-refractivity contribution in [3.05, 3.63) is 40.9 Å². The summed E-state index contributed by atoms with van der Waals surface area (Å²) < 4.78 is 5.38. The summed E-state index contributed by atoms with van der Waals surface area (Å²) in [7, 11) is 0. The molecule has 15 heavy (non-hydrogen) atoms. The van der Waals surface area contributed by atoms with Crippen molar-refractivity contribution in [2.75, 3.05) is 0 Å². The Balaban J connectivity index is 2.48. The summed E-state index contributed by atoms with van der Waals surface area (Å²) in [5.41, 5.74) is 7.21. The molecule has 2 N–H and O–H groups in total. The summed E-state index contributed by atoms with van der Waals surface area (Å²) >= 11 is 5.90. The van der Waals surface area contributed by atoms with Crippen molar-refractivity contribution in [2.45, 2.75) is 13.5 Å². The molecule has 0 aliphatic rings. The molecule has 1 heterocycles. The lowest BCUT2D eigenvalue weighted by atomic mass is 10.1. The van der Waals surface area contributed by atoms with Gasteiger partial charge in [-0.25, -0.2) is 4.98 Å². The van der Waals surface area contributed by atoms with Gasteiger partial charge in [-0.2, -0.15) is 0 Å². The first-order valence-electron chi connectivity index (χ1n) is 4.63. The average molecular weight is 223 g/mol. The third-order valence-corrected chi connectivity index (χ3v) is 2.35. The summed E-state index contributed by atoms with van der Waals surface area (Å²) in [6.07, 6.45) is 0. The minimum Gasteiger partial charge on any atom is -0.444 e. The Labute approximate surface area is 92.9 Å². The smallest absolute Gasteiger partial charge is 0.208 e. The van der Waals surface area contributed by atoms with E-state index in [1.165, 1.54) is 0 Å². The number of oxazole rings is 1. The van der Waals surface area contributed by atoms with Gasteiger partial charge in [0.2, 0.25) is 5.89 Å². The van der Waals surface area contributed by atoms with Crippen molar-refractivity contribution in [1.82, 2.24) is 4.98 Å². The molecule has 0 spiro atoms. The molecule has 3 nitrogen and oxygen atoms in total. The summed E-state index contributed by atoms with van der Waals surface area (Å²) in [6.45, 7) is 2.17. The Kier molecular flexibility index (Phi) is 2.75. The minimum absolute atomic E-state index is 0.307. The van der Waals surface area contributed by atoms with Gasteiger partial charge in [0.1, 0.15) is 11.5 Å². The van der Waals surface area contributed by atoms with Gasteiger partial charge in [0, 0.05) is 10.6 Å². The Morgan fingerprint density at radius 1 is 1.47 bits per heavy atom. The maximum Gasteiger partial charge on any atom is 0.208 e. The quantitative estimate of drug-likeness (QED) is 0.850. The summed E-state index contributed by atoms with van der Waals surface area (Å²) in [6, 6.07) is 7.50. The highest BCUT2D eigenvalue weighted by atomic mass is 35.5. The number of hydrogen-bond donors (Lipinski definition) is 1. The van der Waals surface area contributed by atoms with E-state index in [0.29, 0.717) is 17.5 Å². The predicted molar refractivity (Wildman–Crippen MR) is 59.6 cm³/mol. The van der Waals surface area contributed by atoms with Crippen LogP contribution in [0.3, 0.4) is 0 Å². The van der Waals surface area contributed by atoms with E-state index >= 15 is 0 Å². The first-order valence-corrected chi connectivity index (χ1v) is 5.01. The van der Waals surface area contributed by atoms with Crippen LogP contribution in [0.15, 0.2) is 28.7 Å². The second-order valence-electron chi connectivity index (χ2n) is 3.23. The van der Waals surface area contributed by atoms with Crippen LogP contribution < -0.4 is 5.73 Å². The number of rotatable bonds is 2. The first kappa shape index (κ1) is 10.2. The number of nitrogens with zero attached hydrogens (tertiary/aromatic N) is 1. The van der Waals surface area contributed by atoms with E-state index in [4.69, 9.17) is 21.8 Å². The SMILES string of the molecule is Cc1oc(CN)nc1-c1cccc(Cl)c1. The minimum atomic E-state index is 0.307. The van der Waals surface area contributed by atoms with Crippen LogP contribution in [0.2, 0.25) is 5.02 Å². The lowest BCUT2D eigenvalue weighted by Gasteiger charge is -1.97. The molecule has 4 heteroatoms. The van der Waals surface area contributed by atoms with Crippen LogP contribution in [-0.4, -0.2) is 4.98 Å². The highest BCUT2D eigenvalue weighted by molar-refractivity contribution is 6.30. The van der Waals surface area contributed by atoms with Crippen molar-refractivity contribution in [2.24, 2.45) is 5.73 Å². The van der Waals surface area contributed by atoms with Crippen molar-refractivity contribution in [3.63, 3.8) is 0 Å². The van der Waals surface area contributed by atoms with Crippen LogP contribution in [-0.2, 0) is 6.54 Å². The van der Waals surface area contributed by atoms with Crippen molar-refractivity contribution in [3.8, 4) is 11.3 Å². The molecule has 0 aliphatic heterocycles. The van der Waals surface area contributed by atoms with Crippen LogP contribution in [0, 0.1) is 6.92 Å². The lowest BCUT2D eigenvalue weighted by Crippen LogP contribution is -1.95. The maximum atomic E-state index is 5.90. The molecule has 1 aromatic heterocycles. The summed E-state index contributed by atoms with van der Waals surface area (Å²) in [4.78, 5) is 4.29. The fourth-order valence-corrected chi connectivity index (χ4v) is 1.63.